The van der Waals surface area contributed by atoms with E-state index in [1.807, 2.05) is 48.5 Å². The standard InChI is InChI=1S/C21H18N2OS/c1-15-8-7-11-17(14-15)18-12-5-6-13-19(18)22-21(25)23-20(24)16-9-3-2-4-10-16/h2-14H,1H3,(H2,22,23,24,25). The third-order valence-electron chi connectivity index (χ3n) is 3.77. The first kappa shape index (κ1) is 16.9. The highest BCUT2D eigenvalue weighted by molar-refractivity contribution is 7.80. The van der Waals surface area contributed by atoms with E-state index in [9.17, 15) is 4.79 Å². The number of anilines is 1. The molecule has 0 atom stereocenters. The molecule has 0 bridgehead atoms. The molecule has 0 aromatic heterocycles. The van der Waals surface area contributed by atoms with Crippen molar-refractivity contribution in [1.29, 1.82) is 0 Å². The minimum Gasteiger partial charge on any atom is -0.332 e. The minimum atomic E-state index is -0.230. The molecule has 3 aromatic carbocycles. The van der Waals surface area contributed by atoms with Gasteiger partial charge in [-0.2, -0.15) is 0 Å². The number of thiocarbonyl (C=S) groups is 1. The topological polar surface area (TPSA) is 41.1 Å². The van der Waals surface area contributed by atoms with Crippen LogP contribution in [0.2, 0.25) is 0 Å². The fourth-order valence-corrected chi connectivity index (χ4v) is 2.78. The number of para-hydroxylation sites is 1. The molecular formula is C21H18N2OS. The van der Waals surface area contributed by atoms with Crippen LogP contribution in [0.3, 0.4) is 0 Å². The lowest BCUT2D eigenvalue weighted by Gasteiger charge is -2.14. The SMILES string of the molecule is Cc1cccc(-c2ccccc2NC(=S)NC(=O)c2ccccc2)c1. The van der Waals surface area contributed by atoms with E-state index in [-0.39, 0.29) is 11.0 Å². The summed E-state index contributed by atoms with van der Waals surface area (Å²) in [6.07, 6.45) is 0. The van der Waals surface area contributed by atoms with Crippen molar-refractivity contribution >= 4 is 28.9 Å². The summed E-state index contributed by atoms with van der Waals surface area (Å²) >= 11 is 5.30. The number of carbonyl (C=O) groups excluding carboxylic acids is 1. The fraction of sp³-hybridized carbons (Fsp3) is 0.0476. The van der Waals surface area contributed by atoms with Crippen LogP contribution in [-0.4, -0.2) is 11.0 Å². The highest BCUT2D eigenvalue weighted by atomic mass is 32.1. The summed E-state index contributed by atoms with van der Waals surface area (Å²) in [6, 6.07) is 25.1. The van der Waals surface area contributed by atoms with Crippen LogP contribution in [0.15, 0.2) is 78.9 Å². The van der Waals surface area contributed by atoms with Crippen molar-refractivity contribution < 1.29 is 4.79 Å². The lowest BCUT2D eigenvalue weighted by Crippen LogP contribution is -2.34. The highest BCUT2D eigenvalue weighted by Crippen LogP contribution is 2.28. The number of hydrogen-bond acceptors (Lipinski definition) is 2. The summed E-state index contributed by atoms with van der Waals surface area (Å²) in [7, 11) is 0. The first-order valence-electron chi connectivity index (χ1n) is 7.97. The molecule has 0 aliphatic heterocycles. The average Bonchev–Trinajstić information content (AvgIpc) is 2.63. The summed E-state index contributed by atoms with van der Waals surface area (Å²) in [6.45, 7) is 2.06. The number of aryl methyl sites for hydroxylation is 1. The zero-order valence-corrected chi connectivity index (χ0v) is 14.6. The maximum Gasteiger partial charge on any atom is 0.257 e. The molecule has 25 heavy (non-hydrogen) atoms. The largest absolute Gasteiger partial charge is 0.332 e. The van der Waals surface area contributed by atoms with Crippen LogP contribution >= 0.6 is 12.2 Å². The Hall–Kier alpha value is -2.98. The molecule has 0 heterocycles. The van der Waals surface area contributed by atoms with Crippen molar-refractivity contribution in [2.45, 2.75) is 6.92 Å². The Morgan fingerprint density at radius 3 is 2.36 bits per heavy atom. The van der Waals surface area contributed by atoms with E-state index in [0.29, 0.717) is 5.56 Å². The molecule has 0 aliphatic carbocycles. The molecule has 0 radical (unpaired) electrons. The molecule has 3 aromatic rings. The third kappa shape index (κ3) is 4.31. The fourth-order valence-electron chi connectivity index (χ4n) is 2.57. The second-order valence-corrected chi connectivity index (χ2v) is 6.10. The average molecular weight is 346 g/mol. The summed E-state index contributed by atoms with van der Waals surface area (Å²) in [4.78, 5) is 12.2. The number of nitrogens with one attached hydrogen (secondary N) is 2. The van der Waals surface area contributed by atoms with E-state index >= 15 is 0 Å². The van der Waals surface area contributed by atoms with E-state index in [1.165, 1.54) is 5.56 Å². The Morgan fingerprint density at radius 2 is 1.60 bits per heavy atom. The Morgan fingerprint density at radius 1 is 0.880 bits per heavy atom. The molecule has 0 aliphatic rings. The number of hydrogen-bond donors (Lipinski definition) is 2. The number of rotatable bonds is 3. The summed E-state index contributed by atoms with van der Waals surface area (Å²) in [5, 5.41) is 6.12. The van der Waals surface area contributed by atoms with Gasteiger partial charge in [-0.15, -0.1) is 0 Å². The molecule has 0 saturated heterocycles. The van der Waals surface area contributed by atoms with Gasteiger partial charge in [-0.1, -0.05) is 66.2 Å². The van der Waals surface area contributed by atoms with Gasteiger partial charge in [0.05, 0.1) is 0 Å². The summed E-state index contributed by atoms with van der Waals surface area (Å²) in [5.74, 6) is -0.230. The molecular weight excluding hydrogens is 328 g/mol. The number of amides is 1. The van der Waals surface area contributed by atoms with Crippen molar-refractivity contribution in [1.82, 2.24) is 5.32 Å². The molecule has 1 amide bonds. The van der Waals surface area contributed by atoms with Crippen LogP contribution in [0, 0.1) is 6.92 Å². The maximum atomic E-state index is 12.2. The van der Waals surface area contributed by atoms with Crippen molar-refractivity contribution in [2.24, 2.45) is 0 Å². The van der Waals surface area contributed by atoms with Gasteiger partial charge in [-0.25, -0.2) is 0 Å². The van der Waals surface area contributed by atoms with Crippen LogP contribution in [0.1, 0.15) is 15.9 Å². The predicted molar refractivity (Wildman–Crippen MR) is 107 cm³/mol. The van der Waals surface area contributed by atoms with Gasteiger partial charge in [-0.05, 0) is 42.9 Å². The van der Waals surface area contributed by atoms with Crippen LogP contribution in [0.5, 0.6) is 0 Å². The Balaban J connectivity index is 1.77. The molecule has 0 saturated carbocycles. The Kier molecular flexibility index (Phi) is 5.21. The van der Waals surface area contributed by atoms with Gasteiger partial charge in [0, 0.05) is 16.8 Å². The zero-order valence-electron chi connectivity index (χ0n) is 13.8. The monoisotopic (exact) mass is 346 g/mol. The molecule has 0 unspecified atom stereocenters. The quantitative estimate of drug-likeness (QED) is 0.670. The molecule has 2 N–H and O–H groups in total. The second kappa shape index (κ2) is 7.73. The highest BCUT2D eigenvalue weighted by Gasteiger charge is 2.10. The first-order chi connectivity index (χ1) is 12.1. The maximum absolute atomic E-state index is 12.2. The van der Waals surface area contributed by atoms with Crippen molar-refractivity contribution in [2.75, 3.05) is 5.32 Å². The van der Waals surface area contributed by atoms with Gasteiger partial charge < -0.3 is 5.32 Å². The van der Waals surface area contributed by atoms with Crippen LogP contribution in [-0.2, 0) is 0 Å². The van der Waals surface area contributed by atoms with Crippen molar-refractivity contribution in [3.8, 4) is 11.1 Å². The molecule has 0 spiro atoms. The van der Waals surface area contributed by atoms with Gasteiger partial charge >= 0.3 is 0 Å². The summed E-state index contributed by atoms with van der Waals surface area (Å²) in [5.41, 5.74) is 4.74. The molecule has 124 valence electrons. The van der Waals surface area contributed by atoms with Crippen molar-refractivity contribution in [3.05, 3.63) is 90.0 Å². The lowest BCUT2D eigenvalue weighted by molar-refractivity contribution is 0.0977. The lowest BCUT2D eigenvalue weighted by atomic mass is 10.0. The van der Waals surface area contributed by atoms with E-state index in [2.05, 4.69) is 35.8 Å². The Labute approximate surface area is 152 Å². The number of carbonyl (C=O) groups is 1. The van der Waals surface area contributed by atoms with Gasteiger partial charge in [-0.3, -0.25) is 10.1 Å². The van der Waals surface area contributed by atoms with E-state index in [4.69, 9.17) is 12.2 Å². The van der Waals surface area contributed by atoms with Crippen LogP contribution in [0.4, 0.5) is 5.69 Å². The first-order valence-corrected chi connectivity index (χ1v) is 8.38. The van der Waals surface area contributed by atoms with E-state index < -0.39 is 0 Å². The minimum absolute atomic E-state index is 0.230. The molecule has 3 nitrogen and oxygen atoms in total. The Bertz CT molecular complexity index is 907. The van der Waals surface area contributed by atoms with Crippen LogP contribution < -0.4 is 10.6 Å². The summed E-state index contributed by atoms with van der Waals surface area (Å²) < 4.78 is 0. The smallest absolute Gasteiger partial charge is 0.257 e. The van der Waals surface area contributed by atoms with Crippen molar-refractivity contribution in [3.63, 3.8) is 0 Å². The van der Waals surface area contributed by atoms with Gasteiger partial charge in [0.1, 0.15) is 0 Å². The zero-order chi connectivity index (χ0) is 17.6. The van der Waals surface area contributed by atoms with E-state index in [0.717, 1.165) is 16.8 Å². The second-order valence-electron chi connectivity index (χ2n) is 5.69. The van der Waals surface area contributed by atoms with Gasteiger partial charge in [0.25, 0.3) is 5.91 Å². The number of benzene rings is 3. The van der Waals surface area contributed by atoms with Gasteiger partial charge in [0.15, 0.2) is 5.11 Å². The normalized spacial score (nSPS) is 10.1. The predicted octanol–water partition coefficient (Wildman–Crippen LogP) is 4.79. The van der Waals surface area contributed by atoms with Crippen LogP contribution in [0.25, 0.3) is 11.1 Å². The molecule has 3 rings (SSSR count). The molecule has 4 heteroatoms. The van der Waals surface area contributed by atoms with Gasteiger partial charge in [0.2, 0.25) is 0 Å². The third-order valence-corrected chi connectivity index (χ3v) is 3.97. The van der Waals surface area contributed by atoms with E-state index in [1.54, 1.807) is 12.1 Å². The molecule has 0 fully saturated rings.